The number of hydrogen-bond donors (Lipinski definition) is 0. The molecular formula is C16H9ClN2O. The van der Waals surface area contributed by atoms with Crippen LogP contribution in [-0.2, 0) is 0 Å². The van der Waals surface area contributed by atoms with Gasteiger partial charge < -0.3 is 4.74 Å². The first kappa shape index (κ1) is 12.5. The Balaban J connectivity index is 2.12. The first-order valence-corrected chi connectivity index (χ1v) is 6.37. The van der Waals surface area contributed by atoms with Crippen LogP contribution in [0.25, 0.3) is 10.8 Å². The third-order valence-electron chi connectivity index (χ3n) is 2.93. The van der Waals surface area contributed by atoms with Gasteiger partial charge in [0.25, 0.3) is 0 Å². The lowest BCUT2D eigenvalue weighted by atomic mass is 10.1. The molecule has 0 atom stereocenters. The van der Waals surface area contributed by atoms with E-state index in [1.807, 2.05) is 24.3 Å². The van der Waals surface area contributed by atoms with Gasteiger partial charge in [-0.15, -0.1) is 0 Å². The highest BCUT2D eigenvalue weighted by atomic mass is 35.5. The topological polar surface area (TPSA) is 45.9 Å². The summed E-state index contributed by atoms with van der Waals surface area (Å²) in [5.74, 6) is 0.919. The van der Waals surface area contributed by atoms with Gasteiger partial charge >= 0.3 is 0 Å². The molecule has 1 heterocycles. The van der Waals surface area contributed by atoms with Crippen LogP contribution in [0.5, 0.6) is 11.6 Å². The Morgan fingerprint density at radius 1 is 1.00 bits per heavy atom. The van der Waals surface area contributed by atoms with E-state index in [0.29, 0.717) is 22.2 Å². The van der Waals surface area contributed by atoms with E-state index in [1.54, 1.807) is 30.5 Å². The molecule has 20 heavy (non-hydrogen) atoms. The zero-order valence-electron chi connectivity index (χ0n) is 10.4. The summed E-state index contributed by atoms with van der Waals surface area (Å²) in [6, 6.07) is 16.7. The Labute approximate surface area is 121 Å². The molecule has 4 heteroatoms. The number of ether oxygens (including phenoxy) is 1. The van der Waals surface area contributed by atoms with Gasteiger partial charge in [-0.2, -0.15) is 5.26 Å². The van der Waals surface area contributed by atoms with Gasteiger partial charge in [0.05, 0.1) is 0 Å². The summed E-state index contributed by atoms with van der Waals surface area (Å²) in [7, 11) is 0. The molecule has 0 unspecified atom stereocenters. The van der Waals surface area contributed by atoms with Crippen molar-refractivity contribution in [2.24, 2.45) is 0 Å². The molecule has 2 aromatic carbocycles. The van der Waals surface area contributed by atoms with Crippen LogP contribution in [0.1, 0.15) is 5.56 Å². The molecule has 3 rings (SSSR count). The lowest BCUT2D eigenvalue weighted by molar-refractivity contribution is 0.466. The number of nitriles is 1. The minimum Gasteiger partial charge on any atom is -0.437 e. The molecule has 0 radical (unpaired) electrons. The fraction of sp³-hybridized carbons (Fsp3) is 0. The smallest absolute Gasteiger partial charge is 0.237 e. The van der Waals surface area contributed by atoms with Gasteiger partial charge in [-0.05, 0) is 24.3 Å². The van der Waals surface area contributed by atoms with Gasteiger partial charge in [-0.1, -0.05) is 35.9 Å². The van der Waals surface area contributed by atoms with Gasteiger partial charge in [0.2, 0.25) is 5.88 Å². The monoisotopic (exact) mass is 280 g/mol. The van der Waals surface area contributed by atoms with Crippen molar-refractivity contribution in [3.8, 4) is 17.7 Å². The summed E-state index contributed by atoms with van der Waals surface area (Å²) in [5, 5.41) is 11.5. The van der Waals surface area contributed by atoms with Crippen LogP contribution in [0, 0.1) is 11.3 Å². The lowest BCUT2D eigenvalue weighted by Gasteiger charge is -2.09. The predicted molar refractivity (Wildman–Crippen MR) is 78.0 cm³/mol. The fourth-order valence-electron chi connectivity index (χ4n) is 1.99. The maximum absolute atomic E-state index is 9.06. The number of hydrogen-bond acceptors (Lipinski definition) is 3. The molecule has 1 aromatic heterocycles. The van der Waals surface area contributed by atoms with E-state index in [2.05, 4.69) is 11.1 Å². The number of benzene rings is 2. The molecule has 0 aliphatic heterocycles. The molecule has 0 spiro atoms. The van der Waals surface area contributed by atoms with Crippen LogP contribution >= 0.6 is 11.6 Å². The first-order chi connectivity index (χ1) is 9.79. The Bertz CT molecular complexity index is 824. The molecule has 0 saturated heterocycles. The minimum atomic E-state index is 0.294. The average molecular weight is 281 g/mol. The highest BCUT2D eigenvalue weighted by Gasteiger charge is 2.09. The van der Waals surface area contributed by atoms with Gasteiger partial charge in [0.1, 0.15) is 17.4 Å². The molecule has 0 saturated carbocycles. The second kappa shape index (κ2) is 5.20. The highest BCUT2D eigenvalue weighted by Crippen LogP contribution is 2.34. The largest absolute Gasteiger partial charge is 0.437 e. The summed E-state index contributed by atoms with van der Waals surface area (Å²) in [6.07, 6.45) is 1.59. The first-order valence-electron chi connectivity index (χ1n) is 6.00. The Kier molecular flexibility index (Phi) is 3.24. The van der Waals surface area contributed by atoms with Crippen molar-refractivity contribution >= 4 is 22.4 Å². The number of pyridine rings is 1. The minimum absolute atomic E-state index is 0.294. The summed E-state index contributed by atoms with van der Waals surface area (Å²) in [4.78, 5) is 4.10. The molecule has 0 bridgehead atoms. The van der Waals surface area contributed by atoms with Crippen molar-refractivity contribution in [1.82, 2.24) is 4.98 Å². The summed E-state index contributed by atoms with van der Waals surface area (Å²) in [6.45, 7) is 0. The van der Waals surface area contributed by atoms with Crippen LogP contribution in [-0.4, -0.2) is 4.98 Å². The van der Waals surface area contributed by atoms with Gasteiger partial charge in [0, 0.05) is 22.0 Å². The second-order valence-electron chi connectivity index (χ2n) is 4.16. The molecule has 96 valence electrons. The average Bonchev–Trinajstić information content (AvgIpc) is 2.51. The van der Waals surface area contributed by atoms with E-state index in [1.165, 1.54) is 0 Å². The van der Waals surface area contributed by atoms with E-state index in [9.17, 15) is 0 Å². The van der Waals surface area contributed by atoms with Crippen molar-refractivity contribution < 1.29 is 4.74 Å². The van der Waals surface area contributed by atoms with Crippen LogP contribution in [0.4, 0.5) is 0 Å². The molecule has 3 aromatic rings. The normalized spacial score (nSPS) is 10.2. The molecule has 0 aliphatic carbocycles. The maximum Gasteiger partial charge on any atom is 0.237 e. The maximum atomic E-state index is 9.06. The van der Waals surface area contributed by atoms with Crippen molar-refractivity contribution in [1.29, 1.82) is 5.26 Å². The molecule has 0 fully saturated rings. The predicted octanol–water partition coefficient (Wildman–Crippen LogP) is 4.55. The zero-order valence-corrected chi connectivity index (χ0v) is 11.1. The number of rotatable bonds is 2. The second-order valence-corrected chi connectivity index (χ2v) is 4.57. The standard InChI is InChI=1S/C16H9ClN2O/c17-14-7-8-15(13-6-2-1-5-12(13)14)20-16-11(10-18)4-3-9-19-16/h1-9H. The Morgan fingerprint density at radius 2 is 1.80 bits per heavy atom. The molecule has 3 nitrogen and oxygen atoms in total. The van der Waals surface area contributed by atoms with Gasteiger partial charge in [-0.3, -0.25) is 0 Å². The van der Waals surface area contributed by atoms with E-state index in [0.717, 1.165) is 10.8 Å². The summed E-state index contributed by atoms with van der Waals surface area (Å²) in [5.41, 5.74) is 0.395. The molecule has 0 aliphatic rings. The molecule has 0 N–H and O–H groups in total. The number of aromatic nitrogens is 1. The number of fused-ring (bicyclic) bond motifs is 1. The lowest BCUT2D eigenvalue weighted by Crippen LogP contribution is -1.92. The third-order valence-corrected chi connectivity index (χ3v) is 3.26. The van der Waals surface area contributed by atoms with Crippen LogP contribution in [0.3, 0.4) is 0 Å². The SMILES string of the molecule is N#Cc1cccnc1Oc1ccc(Cl)c2ccccc12. The zero-order chi connectivity index (χ0) is 13.9. The van der Waals surface area contributed by atoms with Crippen molar-refractivity contribution in [3.05, 3.63) is 65.3 Å². The van der Waals surface area contributed by atoms with E-state index in [4.69, 9.17) is 21.6 Å². The van der Waals surface area contributed by atoms with Gasteiger partial charge in [-0.25, -0.2) is 4.98 Å². The molecular weight excluding hydrogens is 272 g/mol. The van der Waals surface area contributed by atoms with Crippen LogP contribution in [0.15, 0.2) is 54.7 Å². The molecule has 0 amide bonds. The van der Waals surface area contributed by atoms with E-state index < -0.39 is 0 Å². The van der Waals surface area contributed by atoms with E-state index in [-0.39, 0.29) is 0 Å². The van der Waals surface area contributed by atoms with Crippen LogP contribution in [0.2, 0.25) is 5.02 Å². The summed E-state index contributed by atoms with van der Waals surface area (Å²) < 4.78 is 5.78. The number of halogens is 1. The van der Waals surface area contributed by atoms with Crippen molar-refractivity contribution in [2.45, 2.75) is 0 Å². The highest BCUT2D eigenvalue weighted by molar-refractivity contribution is 6.35. The summed E-state index contributed by atoms with van der Waals surface area (Å²) >= 11 is 6.17. The quantitative estimate of drug-likeness (QED) is 0.691. The van der Waals surface area contributed by atoms with Crippen molar-refractivity contribution in [2.75, 3.05) is 0 Å². The van der Waals surface area contributed by atoms with Gasteiger partial charge in [0.15, 0.2) is 0 Å². The Morgan fingerprint density at radius 3 is 2.60 bits per heavy atom. The fourth-order valence-corrected chi connectivity index (χ4v) is 2.21. The van der Waals surface area contributed by atoms with Crippen molar-refractivity contribution in [3.63, 3.8) is 0 Å². The third kappa shape index (κ3) is 2.18. The Hall–Kier alpha value is -2.57. The number of nitrogens with zero attached hydrogens (tertiary/aromatic N) is 2. The van der Waals surface area contributed by atoms with E-state index >= 15 is 0 Å². The van der Waals surface area contributed by atoms with Crippen LogP contribution < -0.4 is 4.74 Å².